The fourth-order valence-corrected chi connectivity index (χ4v) is 2.47. The quantitative estimate of drug-likeness (QED) is 0.920. The zero-order chi connectivity index (χ0) is 13.1. The van der Waals surface area contributed by atoms with E-state index in [1.54, 1.807) is 6.07 Å². The Balaban J connectivity index is 1.89. The zero-order valence-corrected chi connectivity index (χ0v) is 11.9. The van der Waals surface area contributed by atoms with Crippen molar-refractivity contribution in [3.8, 4) is 5.75 Å². The summed E-state index contributed by atoms with van der Waals surface area (Å²) in [5.74, 6) is 0.857. The second-order valence-corrected chi connectivity index (χ2v) is 5.48. The van der Waals surface area contributed by atoms with Gasteiger partial charge in [-0.3, -0.25) is 0 Å². The van der Waals surface area contributed by atoms with Crippen LogP contribution in [0.5, 0.6) is 5.75 Å². The molecule has 1 fully saturated rings. The number of amides is 1. The molecule has 1 aromatic rings. The van der Waals surface area contributed by atoms with Crippen LogP contribution in [-0.2, 0) is 0 Å². The molecular formula is C12H13BrClNO3. The summed E-state index contributed by atoms with van der Waals surface area (Å²) in [6.45, 7) is 1.59. The lowest BCUT2D eigenvalue weighted by Gasteiger charge is -2.14. The predicted molar refractivity (Wildman–Crippen MR) is 72.4 cm³/mol. The Morgan fingerprint density at radius 1 is 1.61 bits per heavy atom. The number of ether oxygens (including phenoxy) is 1. The molecule has 0 unspecified atom stereocenters. The van der Waals surface area contributed by atoms with Crippen LogP contribution in [0.1, 0.15) is 6.42 Å². The Morgan fingerprint density at radius 2 is 2.39 bits per heavy atom. The number of hydrogen-bond acceptors (Lipinski definition) is 2. The summed E-state index contributed by atoms with van der Waals surface area (Å²) in [5, 5.41) is 9.40. The van der Waals surface area contributed by atoms with Crippen molar-refractivity contribution in [3.05, 3.63) is 27.7 Å². The highest BCUT2D eigenvalue weighted by atomic mass is 79.9. The van der Waals surface area contributed by atoms with E-state index >= 15 is 0 Å². The van der Waals surface area contributed by atoms with E-state index in [1.165, 1.54) is 4.90 Å². The van der Waals surface area contributed by atoms with E-state index < -0.39 is 6.09 Å². The molecule has 6 heteroatoms. The number of hydrogen-bond donors (Lipinski definition) is 1. The smallest absolute Gasteiger partial charge is 0.407 e. The molecule has 1 aliphatic rings. The number of halogens is 2. The standard InChI is InChI=1S/C12H13BrClNO3/c13-9-2-1-3-10(11(9)14)18-7-8-4-5-15(6-8)12(16)17/h1-3,8H,4-7H2,(H,16,17)/t8-/m0/s1. The van der Waals surface area contributed by atoms with Crippen molar-refractivity contribution in [2.45, 2.75) is 6.42 Å². The van der Waals surface area contributed by atoms with Crippen molar-refractivity contribution in [1.29, 1.82) is 0 Å². The maximum atomic E-state index is 10.8. The van der Waals surface area contributed by atoms with E-state index in [9.17, 15) is 4.79 Å². The highest BCUT2D eigenvalue weighted by Gasteiger charge is 2.26. The first-order valence-electron chi connectivity index (χ1n) is 5.62. The van der Waals surface area contributed by atoms with Crippen LogP contribution in [0.3, 0.4) is 0 Å². The third-order valence-electron chi connectivity index (χ3n) is 2.95. The lowest BCUT2D eigenvalue weighted by atomic mass is 10.1. The van der Waals surface area contributed by atoms with Gasteiger partial charge in [-0.25, -0.2) is 4.79 Å². The Hall–Kier alpha value is -0.940. The van der Waals surface area contributed by atoms with Crippen molar-refractivity contribution >= 4 is 33.6 Å². The SMILES string of the molecule is O=C(O)N1CC[C@H](COc2cccc(Br)c2Cl)C1. The molecule has 1 amide bonds. The fraction of sp³-hybridized carbons (Fsp3) is 0.417. The van der Waals surface area contributed by atoms with Gasteiger partial charge in [-0.05, 0) is 34.5 Å². The van der Waals surface area contributed by atoms with E-state index in [0.29, 0.717) is 30.5 Å². The van der Waals surface area contributed by atoms with Crippen LogP contribution in [0.25, 0.3) is 0 Å². The zero-order valence-electron chi connectivity index (χ0n) is 9.60. The molecule has 0 aliphatic carbocycles. The lowest BCUT2D eigenvalue weighted by molar-refractivity contribution is 0.151. The van der Waals surface area contributed by atoms with Gasteiger partial charge in [-0.1, -0.05) is 17.7 Å². The molecule has 1 aromatic carbocycles. The molecule has 1 N–H and O–H groups in total. The summed E-state index contributed by atoms with van der Waals surface area (Å²) in [7, 11) is 0. The summed E-state index contributed by atoms with van der Waals surface area (Å²) < 4.78 is 6.44. The number of nitrogens with zero attached hydrogens (tertiary/aromatic N) is 1. The second-order valence-electron chi connectivity index (χ2n) is 4.25. The molecule has 98 valence electrons. The fourth-order valence-electron chi connectivity index (χ4n) is 1.95. The third kappa shape index (κ3) is 3.09. The molecule has 0 aromatic heterocycles. The molecule has 1 aliphatic heterocycles. The second kappa shape index (κ2) is 5.80. The van der Waals surface area contributed by atoms with E-state index in [2.05, 4.69) is 15.9 Å². The van der Waals surface area contributed by atoms with Gasteiger partial charge in [0, 0.05) is 23.5 Å². The summed E-state index contributed by atoms with van der Waals surface area (Å²) in [6, 6.07) is 5.50. The van der Waals surface area contributed by atoms with Gasteiger partial charge in [0.1, 0.15) is 5.75 Å². The Morgan fingerprint density at radius 3 is 3.06 bits per heavy atom. The minimum atomic E-state index is -0.863. The normalized spacial score (nSPS) is 19.0. The Kier molecular flexibility index (Phi) is 4.35. The van der Waals surface area contributed by atoms with Crippen molar-refractivity contribution in [2.24, 2.45) is 5.92 Å². The van der Waals surface area contributed by atoms with Crippen LogP contribution in [0.15, 0.2) is 22.7 Å². The first-order chi connectivity index (χ1) is 8.58. The summed E-state index contributed by atoms with van der Waals surface area (Å²) >= 11 is 9.41. The van der Waals surface area contributed by atoms with Gasteiger partial charge in [0.15, 0.2) is 0 Å². The molecule has 0 radical (unpaired) electrons. The number of carbonyl (C=O) groups is 1. The first kappa shape index (κ1) is 13.5. The number of benzene rings is 1. The average molecular weight is 335 g/mol. The molecule has 4 nitrogen and oxygen atoms in total. The molecule has 18 heavy (non-hydrogen) atoms. The van der Waals surface area contributed by atoms with Gasteiger partial charge < -0.3 is 14.7 Å². The minimum absolute atomic E-state index is 0.233. The van der Waals surface area contributed by atoms with Crippen LogP contribution in [0, 0.1) is 5.92 Å². The van der Waals surface area contributed by atoms with Gasteiger partial charge in [0.25, 0.3) is 0 Å². The molecule has 1 heterocycles. The maximum absolute atomic E-state index is 10.8. The van der Waals surface area contributed by atoms with Crippen LogP contribution in [0.4, 0.5) is 4.79 Å². The summed E-state index contributed by atoms with van der Waals surface area (Å²) in [4.78, 5) is 12.2. The number of rotatable bonds is 3. The van der Waals surface area contributed by atoms with Crippen molar-refractivity contribution in [2.75, 3.05) is 19.7 Å². The van der Waals surface area contributed by atoms with Crippen LogP contribution in [-0.4, -0.2) is 35.8 Å². The molecule has 0 bridgehead atoms. The van der Waals surface area contributed by atoms with Crippen LogP contribution in [0.2, 0.25) is 5.02 Å². The van der Waals surface area contributed by atoms with E-state index in [1.807, 2.05) is 12.1 Å². The van der Waals surface area contributed by atoms with E-state index in [0.717, 1.165) is 10.9 Å². The van der Waals surface area contributed by atoms with Gasteiger partial charge >= 0.3 is 6.09 Å². The maximum Gasteiger partial charge on any atom is 0.407 e. The highest BCUT2D eigenvalue weighted by Crippen LogP contribution is 2.32. The third-order valence-corrected chi connectivity index (χ3v) is 4.23. The molecule has 0 spiro atoms. The monoisotopic (exact) mass is 333 g/mol. The molecule has 1 atom stereocenters. The highest BCUT2D eigenvalue weighted by molar-refractivity contribution is 9.10. The number of likely N-dealkylation sites (tertiary alicyclic amines) is 1. The molecular weight excluding hydrogens is 321 g/mol. The van der Waals surface area contributed by atoms with Crippen molar-refractivity contribution < 1.29 is 14.6 Å². The Bertz CT molecular complexity index is 455. The minimum Gasteiger partial charge on any atom is -0.492 e. The molecule has 2 rings (SSSR count). The summed E-state index contributed by atoms with van der Waals surface area (Å²) in [6.07, 6.45) is -0.0317. The average Bonchev–Trinajstić information content (AvgIpc) is 2.80. The largest absolute Gasteiger partial charge is 0.492 e. The molecule has 1 saturated heterocycles. The van der Waals surface area contributed by atoms with Crippen molar-refractivity contribution in [1.82, 2.24) is 4.90 Å². The molecule has 0 saturated carbocycles. The Labute approximate surface area is 119 Å². The summed E-state index contributed by atoms with van der Waals surface area (Å²) in [5.41, 5.74) is 0. The van der Waals surface area contributed by atoms with Crippen LogP contribution < -0.4 is 4.74 Å². The lowest BCUT2D eigenvalue weighted by Crippen LogP contribution is -2.27. The van der Waals surface area contributed by atoms with E-state index in [-0.39, 0.29) is 5.92 Å². The van der Waals surface area contributed by atoms with Gasteiger partial charge in [0.2, 0.25) is 0 Å². The van der Waals surface area contributed by atoms with Gasteiger partial charge in [-0.2, -0.15) is 0 Å². The first-order valence-corrected chi connectivity index (χ1v) is 6.79. The van der Waals surface area contributed by atoms with Gasteiger partial charge in [-0.15, -0.1) is 0 Å². The predicted octanol–water partition coefficient (Wildman–Crippen LogP) is 3.48. The van der Waals surface area contributed by atoms with E-state index in [4.69, 9.17) is 21.4 Å². The van der Waals surface area contributed by atoms with Crippen LogP contribution >= 0.6 is 27.5 Å². The van der Waals surface area contributed by atoms with Crippen molar-refractivity contribution in [3.63, 3.8) is 0 Å². The van der Waals surface area contributed by atoms with Gasteiger partial charge in [0.05, 0.1) is 11.6 Å². The topological polar surface area (TPSA) is 49.8 Å². The number of carboxylic acid groups (broad SMARTS) is 1.